The van der Waals surface area contributed by atoms with Gasteiger partial charge in [-0.15, -0.1) is 11.8 Å². The summed E-state index contributed by atoms with van der Waals surface area (Å²) >= 11 is 1.58. The quantitative estimate of drug-likeness (QED) is 0.345. The van der Waals surface area contributed by atoms with Gasteiger partial charge in [0.15, 0.2) is 12.4 Å². The fourth-order valence-corrected chi connectivity index (χ4v) is 3.41. The first-order valence-electron chi connectivity index (χ1n) is 9.50. The van der Waals surface area contributed by atoms with E-state index < -0.39 is 24.3 Å². The Balaban J connectivity index is 1.89. The van der Waals surface area contributed by atoms with E-state index in [2.05, 4.69) is 4.98 Å². The summed E-state index contributed by atoms with van der Waals surface area (Å²) in [6.45, 7) is 4.74. The van der Waals surface area contributed by atoms with Crippen LogP contribution in [0.3, 0.4) is 0 Å². The maximum atomic E-state index is 12.5. The molecule has 0 saturated carbocycles. The number of ketones is 2. The molecule has 0 aliphatic rings. The molecule has 7 nitrogen and oxygen atoms in total. The Hall–Kier alpha value is -2.87. The van der Waals surface area contributed by atoms with Gasteiger partial charge in [-0.3, -0.25) is 14.4 Å². The molecule has 0 aliphatic heterocycles. The Labute approximate surface area is 179 Å². The number of aromatic amines is 1. The van der Waals surface area contributed by atoms with Gasteiger partial charge in [-0.05, 0) is 44.7 Å². The number of rotatable bonds is 10. The Kier molecular flexibility index (Phi) is 8.41. The van der Waals surface area contributed by atoms with E-state index >= 15 is 0 Å². The summed E-state index contributed by atoms with van der Waals surface area (Å²) in [4.78, 5) is 52.5. The normalized spacial score (nSPS) is 10.5. The molecular formula is C22H25NO6S. The summed E-state index contributed by atoms with van der Waals surface area (Å²) in [5.74, 6) is -1.77. The third-order valence-corrected chi connectivity index (χ3v) is 5.27. The summed E-state index contributed by atoms with van der Waals surface area (Å²) in [6, 6.07) is 7.14. The van der Waals surface area contributed by atoms with E-state index in [4.69, 9.17) is 9.47 Å². The average Bonchev–Trinajstić information content (AvgIpc) is 3.04. The molecule has 0 aliphatic carbocycles. The van der Waals surface area contributed by atoms with Gasteiger partial charge in [-0.1, -0.05) is 12.1 Å². The van der Waals surface area contributed by atoms with Crippen molar-refractivity contribution in [2.45, 2.75) is 38.5 Å². The minimum absolute atomic E-state index is 0.000848. The van der Waals surface area contributed by atoms with Crippen molar-refractivity contribution in [3.8, 4) is 0 Å². The SMILES string of the molecule is CCOC(=O)c1[nH]c(C)c(C(=O)COC(=O)CCC(=O)c2ccc(SC)cc2)c1C. The van der Waals surface area contributed by atoms with Crippen LogP contribution in [0.1, 0.15) is 62.2 Å². The number of ether oxygens (including phenoxy) is 2. The highest BCUT2D eigenvalue weighted by Crippen LogP contribution is 2.20. The lowest BCUT2D eigenvalue weighted by Crippen LogP contribution is -2.16. The molecule has 1 aromatic carbocycles. The largest absolute Gasteiger partial charge is 0.461 e. The zero-order chi connectivity index (χ0) is 22.3. The minimum atomic E-state index is -0.631. The number of aryl methyl sites for hydroxylation is 1. The zero-order valence-corrected chi connectivity index (χ0v) is 18.3. The standard InChI is InChI=1S/C22H25NO6S/c1-5-28-22(27)21-13(2)20(14(3)23-21)18(25)12-29-19(26)11-10-17(24)15-6-8-16(30-4)9-7-15/h6-9,23H,5,10-12H2,1-4H3. The second-order valence-corrected chi connectivity index (χ2v) is 7.46. The monoisotopic (exact) mass is 431 g/mol. The molecule has 0 saturated heterocycles. The Morgan fingerprint density at radius 3 is 2.23 bits per heavy atom. The van der Waals surface area contributed by atoms with Crippen molar-refractivity contribution in [3.05, 3.63) is 52.3 Å². The summed E-state index contributed by atoms with van der Waals surface area (Å²) in [5, 5.41) is 0. The van der Waals surface area contributed by atoms with Crippen LogP contribution in [0.5, 0.6) is 0 Å². The Morgan fingerprint density at radius 2 is 1.63 bits per heavy atom. The highest BCUT2D eigenvalue weighted by Gasteiger charge is 2.23. The molecule has 0 radical (unpaired) electrons. The molecule has 0 amide bonds. The highest BCUT2D eigenvalue weighted by molar-refractivity contribution is 7.98. The predicted molar refractivity (Wildman–Crippen MR) is 113 cm³/mol. The first-order valence-corrected chi connectivity index (χ1v) is 10.7. The molecule has 1 aromatic heterocycles. The molecule has 0 atom stereocenters. The number of nitrogens with one attached hydrogen (secondary N) is 1. The fourth-order valence-electron chi connectivity index (χ4n) is 3.00. The molecule has 160 valence electrons. The van der Waals surface area contributed by atoms with Crippen molar-refractivity contribution in [3.63, 3.8) is 0 Å². The van der Waals surface area contributed by atoms with Crippen LogP contribution in [0.25, 0.3) is 0 Å². The predicted octanol–water partition coefficient (Wildman–Crippen LogP) is 3.92. The Morgan fingerprint density at radius 1 is 0.967 bits per heavy atom. The zero-order valence-electron chi connectivity index (χ0n) is 17.5. The van der Waals surface area contributed by atoms with Crippen LogP contribution < -0.4 is 0 Å². The molecule has 30 heavy (non-hydrogen) atoms. The smallest absolute Gasteiger partial charge is 0.355 e. The Bertz CT molecular complexity index is 945. The van der Waals surface area contributed by atoms with Crippen molar-refractivity contribution in [2.75, 3.05) is 19.5 Å². The van der Waals surface area contributed by atoms with Crippen molar-refractivity contribution in [1.82, 2.24) is 4.98 Å². The molecule has 2 rings (SSSR count). The average molecular weight is 432 g/mol. The highest BCUT2D eigenvalue weighted by atomic mass is 32.2. The van der Waals surface area contributed by atoms with Crippen LogP contribution in [-0.2, 0) is 14.3 Å². The molecule has 0 spiro atoms. The van der Waals surface area contributed by atoms with Crippen molar-refractivity contribution in [2.24, 2.45) is 0 Å². The van der Waals surface area contributed by atoms with E-state index in [-0.39, 0.29) is 30.9 Å². The van der Waals surface area contributed by atoms with Gasteiger partial charge in [0.05, 0.1) is 13.0 Å². The van der Waals surface area contributed by atoms with Crippen LogP contribution in [0.15, 0.2) is 29.2 Å². The lowest BCUT2D eigenvalue weighted by molar-refractivity contribution is -0.142. The van der Waals surface area contributed by atoms with Crippen molar-refractivity contribution < 1.29 is 28.7 Å². The van der Waals surface area contributed by atoms with Gasteiger partial charge in [-0.2, -0.15) is 0 Å². The number of hydrogen-bond acceptors (Lipinski definition) is 7. The second-order valence-electron chi connectivity index (χ2n) is 6.58. The fraction of sp³-hybridized carbons (Fsp3) is 0.364. The maximum absolute atomic E-state index is 12.5. The number of Topliss-reactive ketones (excluding diaryl/α,β-unsaturated/α-hetero) is 2. The lowest BCUT2D eigenvalue weighted by atomic mass is 10.1. The van der Waals surface area contributed by atoms with Crippen molar-refractivity contribution >= 4 is 35.3 Å². The minimum Gasteiger partial charge on any atom is -0.461 e. The number of aromatic nitrogens is 1. The van der Waals surface area contributed by atoms with Crippen molar-refractivity contribution in [1.29, 1.82) is 0 Å². The summed E-state index contributed by atoms with van der Waals surface area (Å²) in [5.41, 5.74) is 2.00. The number of thioether (sulfide) groups is 1. The molecule has 1 heterocycles. The van der Waals surface area contributed by atoms with Crippen LogP contribution in [-0.4, -0.2) is 48.0 Å². The van der Waals surface area contributed by atoms with E-state index in [0.717, 1.165) is 4.90 Å². The molecule has 1 N–H and O–H groups in total. The van der Waals surface area contributed by atoms with E-state index in [1.807, 2.05) is 18.4 Å². The number of H-pyrrole nitrogens is 1. The first kappa shape index (κ1) is 23.4. The van der Waals surface area contributed by atoms with E-state index in [9.17, 15) is 19.2 Å². The third kappa shape index (κ3) is 5.82. The summed E-state index contributed by atoms with van der Waals surface area (Å²) in [7, 11) is 0. The molecule has 0 fully saturated rings. The number of benzene rings is 1. The van der Waals surface area contributed by atoms with E-state index in [1.54, 1.807) is 44.7 Å². The molecular weight excluding hydrogens is 406 g/mol. The molecule has 0 unspecified atom stereocenters. The maximum Gasteiger partial charge on any atom is 0.355 e. The van der Waals surface area contributed by atoms with Gasteiger partial charge in [0.1, 0.15) is 5.69 Å². The number of esters is 2. The van der Waals surface area contributed by atoms with Gasteiger partial charge in [0.2, 0.25) is 5.78 Å². The van der Waals surface area contributed by atoms with Crippen LogP contribution in [0.4, 0.5) is 0 Å². The molecule has 2 aromatic rings. The van der Waals surface area contributed by atoms with Gasteiger partial charge in [0, 0.05) is 28.1 Å². The molecule has 0 bridgehead atoms. The third-order valence-electron chi connectivity index (χ3n) is 4.53. The summed E-state index contributed by atoms with van der Waals surface area (Å²) in [6.07, 6.45) is 1.83. The lowest BCUT2D eigenvalue weighted by Gasteiger charge is -2.06. The molecule has 8 heteroatoms. The van der Waals surface area contributed by atoms with Gasteiger partial charge in [0.25, 0.3) is 0 Å². The number of carbonyl (C=O) groups excluding carboxylic acids is 4. The van der Waals surface area contributed by atoms with Crippen LogP contribution >= 0.6 is 11.8 Å². The van der Waals surface area contributed by atoms with E-state index in [0.29, 0.717) is 22.4 Å². The summed E-state index contributed by atoms with van der Waals surface area (Å²) < 4.78 is 9.99. The second kappa shape index (κ2) is 10.8. The van der Waals surface area contributed by atoms with Crippen LogP contribution in [0.2, 0.25) is 0 Å². The van der Waals surface area contributed by atoms with Gasteiger partial charge in [-0.25, -0.2) is 4.79 Å². The van der Waals surface area contributed by atoms with Gasteiger partial charge >= 0.3 is 11.9 Å². The van der Waals surface area contributed by atoms with Gasteiger partial charge < -0.3 is 14.5 Å². The number of hydrogen-bond donors (Lipinski definition) is 1. The number of carbonyl (C=O) groups is 4. The van der Waals surface area contributed by atoms with Crippen LogP contribution in [0, 0.1) is 13.8 Å². The topological polar surface area (TPSA) is 103 Å². The van der Waals surface area contributed by atoms with E-state index in [1.165, 1.54) is 0 Å². The first-order chi connectivity index (χ1) is 14.3.